The third kappa shape index (κ3) is 6.24. The molecule has 2 saturated carbocycles. The van der Waals surface area contributed by atoms with E-state index in [0.717, 1.165) is 82.7 Å². The number of hydrogen-bond donors (Lipinski definition) is 5. The molecule has 6 rings (SSSR count). The Morgan fingerprint density at radius 1 is 0.820 bits per heavy atom. The molecule has 2 aromatic carbocycles. The minimum Gasteiger partial charge on any atom is -0.399 e. The lowest BCUT2D eigenvalue weighted by molar-refractivity contribution is -0.150. The molecule has 4 aliphatic carbocycles. The van der Waals surface area contributed by atoms with Crippen LogP contribution < -0.4 is 27.4 Å². The number of fused-ring (bicyclic) bond motifs is 6. The normalized spacial score (nSPS) is 31.9. The van der Waals surface area contributed by atoms with Gasteiger partial charge in [0.1, 0.15) is 0 Å². The maximum Gasteiger partial charge on any atom is 0.241 e. The first kappa shape index (κ1) is 36.1. The van der Waals surface area contributed by atoms with Crippen LogP contribution in [0.2, 0.25) is 0 Å². The molecule has 270 valence electrons. The molecule has 0 heterocycles. The second kappa shape index (κ2) is 13.8. The number of nitrogens with two attached hydrogens (primary N) is 2. The fourth-order valence-corrected chi connectivity index (χ4v) is 11.0. The summed E-state index contributed by atoms with van der Waals surface area (Å²) in [4.78, 5) is 52.4. The molecule has 2 aromatic rings. The van der Waals surface area contributed by atoms with Crippen LogP contribution in [0.1, 0.15) is 121 Å². The molecule has 4 amide bonds. The highest BCUT2D eigenvalue weighted by molar-refractivity contribution is 6.01. The summed E-state index contributed by atoms with van der Waals surface area (Å²) >= 11 is 0. The molecule has 4 unspecified atom stereocenters. The average Bonchev–Trinajstić information content (AvgIpc) is 3.08. The molecule has 0 spiro atoms. The lowest BCUT2D eigenvalue weighted by atomic mass is 9.49. The van der Waals surface area contributed by atoms with Gasteiger partial charge in [0.05, 0.1) is 16.9 Å². The fourth-order valence-electron chi connectivity index (χ4n) is 11.0. The predicted octanol–water partition coefficient (Wildman–Crippen LogP) is 5.81. The summed E-state index contributed by atoms with van der Waals surface area (Å²) in [6.45, 7) is 9.30. The summed E-state index contributed by atoms with van der Waals surface area (Å²) < 4.78 is 0. The molecule has 9 heteroatoms. The first-order valence-electron chi connectivity index (χ1n) is 18.9. The highest BCUT2D eigenvalue weighted by Gasteiger charge is 2.58. The number of carbonyl (C=O) groups excluding carboxylic acids is 4. The van der Waals surface area contributed by atoms with Crippen molar-refractivity contribution in [3.05, 3.63) is 58.7 Å². The van der Waals surface area contributed by atoms with Gasteiger partial charge in [0, 0.05) is 17.9 Å². The smallest absolute Gasteiger partial charge is 0.241 e. The van der Waals surface area contributed by atoms with Gasteiger partial charge in [-0.1, -0.05) is 52.7 Å². The second-order valence-electron chi connectivity index (χ2n) is 16.8. The Morgan fingerprint density at radius 3 is 1.96 bits per heavy atom. The van der Waals surface area contributed by atoms with Crippen LogP contribution in [0.25, 0.3) is 0 Å². The maximum absolute atomic E-state index is 14.5. The van der Waals surface area contributed by atoms with Gasteiger partial charge in [0.25, 0.3) is 0 Å². The summed E-state index contributed by atoms with van der Waals surface area (Å²) in [5.74, 6) is -0.329. The minimum absolute atomic E-state index is 0.0474. The molecular weight excluding hydrogens is 626 g/mol. The monoisotopic (exact) mass is 683 g/mol. The summed E-state index contributed by atoms with van der Waals surface area (Å²) in [6, 6.07) is 11.7. The Kier molecular flexibility index (Phi) is 9.94. The van der Waals surface area contributed by atoms with Crippen molar-refractivity contribution >= 4 is 35.5 Å². The average molecular weight is 684 g/mol. The number of anilines is 2. The van der Waals surface area contributed by atoms with E-state index in [0.29, 0.717) is 25.1 Å². The van der Waals surface area contributed by atoms with E-state index >= 15 is 0 Å². The zero-order valence-corrected chi connectivity index (χ0v) is 30.5. The first-order valence-corrected chi connectivity index (χ1v) is 18.9. The van der Waals surface area contributed by atoms with Gasteiger partial charge in [0.2, 0.25) is 24.1 Å². The van der Waals surface area contributed by atoms with E-state index in [-0.39, 0.29) is 40.4 Å². The van der Waals surface area contributed by atoms with Gasteiger partial charge in [-0.3, -0.25) is 24.5 Å². The van der Waals surface area contributed by atoms with E-state index in [1.807, 2.05) is 12.1 Å². The number of amides is 4. The number of hydrogen-bond acceptors (Lipinski definition) is 6. The zero-order chi connectivity index (χ0) is 35.9. The van der Waals surface area contributed by atoms with Crippen molar-refractivity contribution in [3.8, 4) is 0 Å². The molecule has 9 nitrogen and oxygen atoms in total. The van der Waals surface area contributed by atoms with Crippen LogP contribution in [0, 0.1) is 22.7 Å². The predicted molar refractivity (Wildman–Crippen MR) is 197 cm³/mol. The summed E-state index contributed by atoms with van der Waals surface area (Å²) in [5.41, 5.74) is 17.2. The number of imide groups is 1. The van der Waals surface area contributed by atoms with Crippen molar-refractivity contribution in [2.24, 2.45) is 28.4 Å². The maximum atomic E-state index is 14.5. The molecule has 0 aromatic heterocycles. The lowest BCUT2D eigenvalue weighted by Crippen LogP contribution is -2.60. The van der Waals surface area contributed by atoms with Crippen LogP contribution in [-0.2, 0) is 42.8 Å². The molecular formula is C41H57N5O4. The second-order valence-corrected chi connectivity index (χ2v) is 16.8. The third-order valence-electron chi connectivity index (χ3n) is 13.8. The van der Waals surface area contributed by atoms with E-state index in [9.17, 15) is 19.2 Å². The van der Waals surface area contributed by atoms with Gasteiger partial charge in [-0.15, -0.1) is 0 Å². The number of carbonyl (C=O) groups is 4. The Hall–Kier alpha value is -3.72. The van der Waals surface area contributed by atoms with Crippen molar-refractivity contribution in [3.63, 3.8) is 0 Å². The van der Waals surface area contributed by atoms with Gasteiger partial charge in [-0.05, 0) is 140 Å². The lowest BCUT2D eigenvalue weighted by Gasteiger charge is -2.56. The summed E-state index contributed by atoms with van der Waals surface area (Å²) in [5, 5.41) is 8.71. The molecule has 0 radical (unpaired) electrons. The molecule has 7 N–H and O–H groups in total. The Bertz CT molecular complexity index is 1660. The molecule has 50 heavy (non-hydrogen) atoms. The van der Waals surface area contributed by atoms with Gasteiger partial charge in [-0.2, -0.15) is 0 Å². The largest absolute Gasteiger partial charge is 0.399 e. The molecule has 7 atom stereocenters. The van der Waals surface area contributed by atoms with Crippen LogP contribution in [0.3, 0.4) is 0 Å². The molecule has 0 aliphatic heterocycles. The zero-order valence-electron chi connectivity index (χ0n) is 30.5. The van der Waals surface area contributed by atoms with E-state index in [4.69, 9.17) is 11.5 Å². The van der Waals surface area contributed by atoms with Crippen LogP contribution in [0.15, 0.2) is 36.4 Å². The SMILES string of the molecule is CC1(C(=O)NC(=O)[C@@]2(C)CCCC3(C)c4cc(NC(=O)C(N)CCCCNC=O)ccc4CC[C@H]32)CCC[C@]2(C)c3cc(N)ccc3CCC12. The summed E-state index contributed by atoms with van der Waals surface area (Å²) in [6.07, 6.45) is 11.5. The molecule has 0 saturated heterocycles. The fraction of sp³-hybridized carbons (Fsp3) is 0.610. The van der Waals surface area contributed by atoms with Crippen LogP contribution in [-0.4, -0.2) is 36.7 Å². The Morgan fingerprint density at radius 2 is 1.38 bits per heavy atom. The number of nitrogen functional groups attached to an aromatic ring is 1. The first-order chi connectivity index (χ1) is 23.8. The standard InChI is InChI=1S/C41H57N5O4/c1-38-18-7-20-40(3,33(38)16-12-26-10-14-28(42)23-30(26)38)36(49)46-37(50)41(4)21-8-19-39(2)31-24-29(15-11-27(31)13-17-34(39)41)45-35(48)32(43)9-5-6-22-44-25-47/h10-11,14-15,23-25,32-34H,5-9,12-13,16-22,42-43H2,1-4H3,(H,44,47)(H,45,48)(H,46,49,50)/t32?,33?,34-,38-,39?,40?,41+/m1/s1. The topological polar surface area (TPSA) is 156 Å². The van der Waals surface area contributed by atoms with E-state index in [1.54, 1.807) is 0 Å². The Balaban J connectivity index is 1.18. The van der Waals surface area contributed by atoms with Gasteiger partial charge >= 0.3 is 0 Å². The van der Waals surface area contributed by atoms with E-state index in [1.165, 1.54) is 22.3 Å². The van der Waals surface area contributed by atoms with Gasteiger partial charge in [-0.25, -0.2) is 0 Å². The van der Waals surface area contributed by atoms with E-state index < -0.39 is 16.9 Å². The van der Waals surface area contributed by atoms with Crippen molar-refractivity contribution in [2.75, 3.05) is 17.6 Å². The minimum atomic E-state index is -0.706. The number of rotatable bonds is 10. The summed E-state index contributed by atoms with van der Waals surface area (Å²) in [7, 11) is 0. The van der Waals surface area contributed by atoms with Crippen molar-refractivity contribution in [1.29, 1.82) is 0 Å². The van der Waals surface area contributed by atoms with Crippen molar-refractivity contribution in [2.45, 2.75) is 128 Å². The number of unbranched alkanes of at least 4 members (excludes halogenated alkanes) is 1. The highest BCUT2D eigenvalue weighted by atomic mass is 16.2. The third-order valence-corrected chi connectivity index (χ3v) is 13.8. The van der Waals surface area contributed by atoms with Crippen LogP contribution >= 0.6 is 0 Å². The molecule has 4 aliphatic rings. The van der Waals surface area contributed by atoms with Crippen molar-refractivity contribution < 1.29 is 19.2 Å². The number of aryl methyl sites for hydroxylation is 2. The Labute approximate surface area is 297 Å². The highest BCUT2D eigenvalue weighted by Crippen LogP contribution is 2.59. The molecule has 2 fully saturated rings. The van der Waals surface area contributed by atoms with E-state index in [2.05, 4.69) is 67.9 Å². The number of benzene rings is 2. The molecule has 0 bridgehead atoms. The van der Waals surface area contributed by atoms with Crippen LogP contribution in [0.4, 0.5) is 11.4 Å². The van der Waals surface area contributed by atoms with Crippen molar-refractivity contribution in [1.82, 2.24) is 10.6 Å². The quantitative estimate of drug-likeness (QED) is 0.0921. The number of nitrogens with one attached hydrogen (secondary N) is 3. The van der Waals surface area contributed by atoms with Crippen LogP contribution in [0.5, 0.6) is 0 Å². The van der Waals surface area contributed by atoms with Gasteiger partial charge < -0.3 is 22.1 Å². The van der Waals surface area contributed by atoms with Gasteiger partial charge in [0.15, 0.2) is 0 Å².